The van der Waals surface area contributed by atoms with Gasteiger partial charge in [0.05, 0.1) is 17.5 Å². The van der Waals surface area contributed by atoms with E-state index in [0.717, 1.165) is 47.9 Å². The second kappa shape index (κ2) is 21.1. The van der Waals surface area contributed by atoms with Crippen molar-refractivity contribution in [3.8, 4) is 11.5 Å². The van der Waals surface area contributed by atoms with E-state index in [0.29, 0.717) is 16.8 Å². The number of nitrogens with zero attached hydrogens (tertiary/aromatic N) is 1. The molecule has 0 spiro atoms. The Morgan fingerprint density at radius 3 is 1.22 bits per heavy atom. The van der Waals surface area contributed by atoms with Gasteiger partial charge in [-0.1, -0.05) is 181 Å². The number of aryl methyl sites for hydroxylation is 2. The zero-order valence-electron chi connectivity index (χ0n) is 30.0. The Bertz CT molecular complexity index is 1420. The van der Waals surface area contributed by atoms with Gasteiger partial charge in [0.25, 0.3) is 0 Å². The number of phenolic OH excluding ortho intramolecular Hbond substituents is 2. The van der Waals surface area contributed by atoms with Crippen LogP contribution in [-0.4, -0.2) is 21.1 Å². The summed E-state index contributed by atoms with van der Waals surface area (Å²) in [5.41, 5.74) is 6.03. The van der Waals surface area contributed by atoms with Crippen molar-refractivity contribution < 1.29 is 15.4 Å². The molecular formula is C45H59NO3. The first-order chi connectivity index (χ1) is 24.1. The minimum atomic E-state index is -0.545. The summed E-state index contributed by atoms with van der Waals surface area (Å²) in [5, 5.41) is 37.9. The SMILES string of the molecule is CCCCCCCCCc1ccc(O)c(C(C(=NO)C(c2ccccc2)c2cc(CCCCCCCCC)ccc2O)c2ccccc2)c1. The molecule has 0 aliphatic carbocycles. The average Bonchev–Trinajstić information content (AvgIpc) is 3.13. The topological polar surface area (TPSA) is 73.1 Å². The molecule has 49 heavy (non-hydrogen) atoms. The summed E-state index contributed by atoms with van der Waals surface area (Å²) in [6, 6.07) is 31.8. The van der Waals surface area contributed by atoms with Gasteiger partial charge in [-0.25, -0.2) is 0 Å². The van der Waals surface area contributed by atoms with Crippen molar-refractivity contribution in [2.24, 2.45) is 5.16 Å². The number of unbranched alkanes of at least 4 members (excludes halogenated alkanes) is 12. The van der Waals surface area contributed by atoms with Crippen LogP contribution in [0.2, 0.25) is 0 Å². The first kappa shape index (κ1) is 37.8. The summed E-state index contributed by atoms with van der Waals surface area (Å²) in [5.74, 6) is -0.753. The second-order valence-electron chi connectivity index (χ2n) is 13.7. The smallest absolute Gasteiger partial charge is 0.119 e. The van der Waals surface area contributed by atoms with E-state index >= 15 is 0 Å². The predicted molar refractivity (Wildman–Crippen MR) is 205 cm³/mol. The zero-order valence-corrected chi connectivity index (χ0v) is 30.0. The van der Waals surface area contributed by atoms with E-state index < -0.39 is 11.8 Å². The van der Waals surface area contributed by atoms with Crippen LogP contribution in [0.25, 0.3) is 0 Å². The van der Waals surface area contributed by atoms with Gasteiger partial charge in [-0.3, -0.25) is 0 Å². The fraction of sp³-hybridized carbons (Fsp3) is 0.444. The number of hydrogen-bond donors (Lipinski definition) is 3. The highest BCUT2D eigenvalue weighted by atomic mass is 16.4. The largest absolute Gasteiger partial charge is 0.508 e. The molecule has 4 aromatic rings. The quantitative estimate of drug-likeness (QED) is 0.0340. The molecule has 4 heteroatoms. The number of phenols is 2. The Hall–Kier alpha value is -4.05. The summed E-state index contributed by atoms with van der Waals surface area (Å²) in [4.78, 5) is 0. The van der Waals surface area contributed by atoms with Crippen LogP contribution in [0.5, 0.6) is 11.5 Å². The van der Waals surface area contributed by atoms with E-state index in [-0.39, 0.29) is 11.5 Å². The molecule has 0 saturated heterocycles. The van der Waals surface area contributed by atoms with Gasteiger partial charge in [0.2, 0.25) is 0 Å². The Labute approximate surface area is 295 Å². The van der Waals surface area contributed by atoms with Crippen LogP contribution in [0, 0.1) is 0 Å². The maximum absolute atomic E-state index is 11.4. The van der Waals surface area contributed by atoms with Crippen molar-refractivity contribution >= 4 is 5.71 Å². The van der Waals surface area contributed by atoms with Crippen LogP contribution < -0.4 is 0 Å². The Balaban J connectivity index is 1.68. The second-order valence-corrected chi connectivity index (χ2v) is 13.7. The Kier molecular flexibility index (Phi) is 16.3. The summed E-state index contributed by atoms with van der Waals surface area (Å²) >= 11 is 0. The lowest BCUT2D eigenvalue weighted by Crippen LogP contribution is -2.24. The molecule has 0 radical (unpaired) electrons. The van der Waals surface area contributed by atoms with Crippen molar-refractivity contribution in [3.63, 3.8) is 0 Å². The van der Waals surface area contributed by atoms with Gasteiger partial charge in [0.1, 0.15) is 11.5 Å². The molecule has 0 aromatic heterocycles. The molecule has 2 unspecified atom stereocenters. The molecule has 4 nitrogen and oxygen atoms in total. The molecule has 0 heterocycles. The van der Waals surface area contributed by atoms with Crippen LogP contribution in [0.4, 0.5) is 0 Å². The van der Waals surface area contributed by atoms with Crippen LogP contribution in [0.15, 0.2) is 102 Å². The molecule has 0 bridgehead atoms. The van der Waals surface area contributed by atoms with Crippen LogP contribution in [-0.2, 0) is 12.8 Å². The van der Waals surface area contributed by atoms with Gasteiger partial charge in [0, 0.05) is 11.1 Å². The van der Waals surface area contributed by atoms with E-state index in [1.165, 1.54) is 77.0 Å². The van der Waals surface area contributed by atoms with Crippen molar-refractivity contribution in [2.45, 2.75) is 128 Å². The highest BCUT2D eigenvalue weighted by Crippen LogP contribution is 2.42. The lowest BCUT2D eigenvalue weighted by atomic mass is 9.75. The van der Waals surface area contributed by atoms with E-state index in [4.69, 9.17) is 0 Å². The first-order valence-corrected chi connectivity index (χ1v) is 19.0. The van der Waals surface area contributed by atoms with Crippen molar-refractivity contribution in [2.75, 3.05) is 0 Å². The molecule has 0 fully saturated rings. The van der Waals surface area contributed by atoms with Gasteiger partial charge in [0.15, 0.2) is 0 Å². The molecular weight excluding hydrogens is 602 g/mol. The fourth-order valence-electron chi connectivity index (χ4n) is 7.15. The summed E-state index contributed by atoms with van der Waals surface area (Å²) < 4.78 is 0. The van der Waals surface area contributed by atoms with Gasteiger partial charge in [-0.05, 0) is 60.1 Å². The third kappa shape index (κ3) is 11.5. The number of hydrogen-bond acceptors (Lipinski definition) is 4. The van der Waals surface area contributed by atoms with Crippen LogP contribution >= 0.6 is 0 Å². The molecule has 4 aromatic carbocycles. The van der Waals surface area contributed by atoms with Crippen molar-refractivity contribution in [1.82, 2.24) is 0 Å². The maximum atomic E-state index is 11.4. The van der Waals surface area contributed by atoms with Crippen molar-refractivity contribution in [3.05, 3.63) is 130 Å². The van der Waals surface area contributed by atoms with Crippen LogP contribution in [0.3, 0.4) is 0 Å². The summed E-state index contributed by atoms with van der Waals surface area (Å²) in [6.07, 6.45) is 19.2. The molecule has 2 atom stereocenters. The normalized spacial score (nSPS) is 12.4. The monoisotopic (exact) mass is 661 g/mol. The lowest BCUT2D eigenvalue weighted by molar-refractivity contribution is 0.315. The third-order valence-electron chi connectivity index (χ3n) is 9.92. The van der Waals surface area contributed by atoms with Gasteiger partial charge < -0.3 is 15.4 Å². The summed E-state index contributed by atoms with van der Waals surface area (Å²) in [6.45, 7) is 4.50. The molecule has 4 rings (SSSR count). The van der Waals surface area contributed by atoms with E-state index in [2.05, 4.69) is 31.1 Å². The zero-order chi connectivity index (χ0) is 34.7. The highest BCUT2D eigenvalue weighted by Gasteiger charge is 2.34. The molecule has 262 valence electrons. The predicted octanol–water partition coefficient (Wildman–Crippen LogP) is 12.5. The average molecular weight is 662 g/mol. The van der Waals surface area contributed by atoms with Gasteiger partial charge in [-0.2, -0.15) is 0 Å². The van der Waals surface area contributed by atoms with E-state index in [1.54, 1.807) is 12.1 Å². The fourth-order valence-corrected chi connectivity index (χ4v) is 7.15. The summed E-state index contributed by atoms with van der Waals surface area (Å²) in [7, 11) is 0. The van der Waals surface area contributed by atoms with E-state index in [9.17, 15) is 15.4 Å². The minimum Gasteiger partial charge on any atom is -0.508 e. The Morgan fingerprint density at radius 2 is 0.857 bits per heavy atom. The first-order valence-electron chi connectivity index (χ1n) is 19.0. The number of aromatic hydroxyl groups is 2. The number of oxime groups is 1. The number of rotatable bonds is 22. The van der Waals surface area contributed by atoms with Crippen LogP contribution in [0.1, 0.15) is 149 Å². The van der Waals surface area contributed by atoms with Gasteiger partial charge in [-0.15, -0.1) is 0 Å². The standard InChI is InChI=1S/C45H59NO3/c1-3-5-7-9-11-13-17-23-35-29-31-41(47)39(33-35)43(37-25-19-15-20-26-37)45(46-49)44(38-27-21-16-22-28-38)40-34-36(30-32-42(40)48)24-18-14-12-10-8-6-4-2/h15-16,19-22,25-34,43-44,47-49H,3-14,17-18,23-24H2,1-2H3. The molecule has 0 saturated carbocycles. The van der Waals surface area contributed by atoms with E-state index in [1.807, 2.05) is 72.8 Å². The molecule has 0 aliphatic heterocycles. The number of benzene rings is 4. The molecule has 0 amide bonds. The molecule has 3 N–H and O–H groups in total. The Morgan fingerprint density at radius 1 is 0.490 bits per heavy atom. The lowest BCUT2D eigenvalue weighted by Gasteiger charge is -2.28. The minimum absolute atomic E-state index is 0.169. The highest BCUT2D eigenvalue weighted by molar-refractivity contribution is 6.01. The van der Waals surface area contributed by atoms with Crippen molar-refractivity contribution in [1.29, 1.82) is 0 Å². The maximum Gasteiger partial charge on any atom is 0.119 e. The molecule has 0 aliphatic rings. The van der Waals surface area contributed by atoms with Gasteiger partial charge >= 0.3 is 0 Å². The third-order valence-corrected chi connectivity index (χ3v) is 9.92.